The molecule has 0 spiro atoms. The number of hydrogen-bond donors (Lipinski definition) is 4. The van der Waals surface area contributed by atoms with Crippen molar-refractivity contribution < 1.29 is 23.4 Å². The highest BCUT2D eigenvalue weighted by Gasteiger charge is 2.32. The van der Waals surface area contributed by atoms with Crippen LogP contribution in [0, 0.1) is 0 Å². The third-order valence-corrected chi connectivity index (χ3v) is 2.64. The lowest BCUT2D eigenvalue weighted by Gasteiger charge is -2.27. The largest absolute Gasteiger partial charge is 0.416 e. The molecule has 8 heteroatoms. The Morgan fingerprint density at radius 2 is 1.70 bits per heavy atom. The molecule has 4 N–H and O–H groups in total. The fourth-order valence-corrected chi connectivity index (χ4v) is 1.47. The number of alkyl halides is 3. The molecule has 1 heterocycles. The molecule has 0 atom stereocenters. The molecule has 1 aromatic heterocycles. The first-order valence-electron chi connectivity index (χ1n) is 6.07. The van der Waals surface area contributed by atoms with Crippen LogP contribution in [0.5, 0.6) is 0 Å². The van der Waals surface area contributed by atoms with E-state index in [0.29, 0.717) is 6.54 Å². The summed E-state index contributed by atoms with van der Waals surface area (Å²) in [6, 6.07) is 1.74. The molecule has 0 amide bonds. The first-order chi connectivity index (χ1) is 9.24. The van der Waals surface area contributed by atoms with Crippen LogP contribution >= 0.6 is 0 Å². The number of aromatic nitrogens is 1. The highest BCUT2D eigenvalue weighted by atomic mass is 19.4. The summed E-state index contributed by atoms with van der Waals surface area (Å²) in [5.41, 5.74) is -2.01. The molecule has 0 bridgehead atoms. The topological polar surface area (TPSA) is 77.4 Å². The maximum Gasteiger partial charge on any atom is 0.416 e. The third-order valence-electron chi connectivity index (χ3n) is 2.64. The number of nitrogens with one attached hydrogen (secondary N) is 2. The van der Waals surface area contributed by atoms with E-state index in [2.05, 4.69) is 15.6 Å². The average Bonchev–Trinajstić information content (AvgIpc) is 2.37. The molecule has 5 nitrogen and oxygen atoms in total. The molecule has 0 aliphatic carbocycles. The van der Waals surface area contributed by atoms with Crippen LogP contribution in [0.2, 0.25) is 0 Å². The van der Waals surface area contributed by atoms with E-state index in [4.69, 9.17) is 10.2 Å². The minimum atomic E-state index is -4.50. The molecule has 0 unspecified atom stereocenters. The van der Waals surface area contributed by atoms with Crippen molar-refractivity contribution in [1.82, 2.24) is 4.98 Å². The van der Waals surface area contributed by atoms with Crippen molar-refractivity contribution in [3.05, 3.63) is 17.7 Å². The Kier molecular flexibility index (Phi) is 5.18. The van der Waals surface area contributed by atoms with Gasteiger partial charge in [0.2, 0.25) is 0 Å². The van der Waals surface area contributed by atoms with Gasteiger partial charge in [-0.2, -0.15) is 13.2 Å². The second-order valence-corrected chi connectivity index (χ2v) is 4.66. The van der Waals surface area contributed by atoms with Gasteiger partial charge in [-0.1, -0.05) is 0 Å². The van der Waals surface area contributed by atoms with E-state index >= 15 is 0 Å². The summed E-state index contributed by atoms with van der Waals surface area (Å²) in [5, 5.41) is 23.6. The summed E-state index contributed by atoms with van der Waals surface area (Å²) in [4.78, 5) is 3.97. The van der Waals surface area contributed by atoms with Crippen molar-refractivity contribution in [2.24, 2.45) is 0 Å². The van der Waals surface area contributed by atoms with Gasteiger partial charge < -0.3 is 20.8 Å². The summed E-state index contributed by atoms with van der Waals surface area (Å²) < 4.78 is 38.4. The van der Waals surface area contributed by atoms with Crippen LogP contribution in [0.1, 0.15) is 19.4 Å². The number of hydrogen-bond acceptors (Lipinski definition) is 5. The number of pyridine rings is 1. The highest BCUT2D eigenvalue weighted by molar-refractivity contribution is 5.51. The zero-order valence-electron chi connectivity index (χ0n) is 11.3. The molecular weight excluding hydrogens is 275 g/mol. The SMILES string of the molecule is CCNc1cc(C(F)(F)F)cc(NC(C)(CO)CO)n1. The second kappa shape index (κ2) is 6.27. The van der Waals surface area contributed by atoms with Crippen LogP contribution in [0.3, 0.4) is 0 Å². The standard InChI is InChI=1S/C12H18F3N3O2/c1-3-16-9-4-8(12(13,14)15)5-10(17-9)18-11(2,6-19)7-20/h4-5,19-20H,3,6-7H2,1-2H3,(H2,16,17,18). The lowest BCUT2D eigenvalue weighted by molar-refractivity contribution is -0.137. The van der Waals surface area contributed by atoms with Crippen molar-refractivity contribution in [1.29, 1.82) is 0 Å². The first kappa shape index (κ1) is 16.5. The van der Waals surface area contributed by atoms with E-state index in [1.54, 1.807) is 6.92 Å². The lowest BCUT2D eigenvalue weighted by atomic mass is 10.1. The zero-order valence-corrected chi connectivity index (χ0v) is 11.3. The number of rotatable bonds is 6. The van der Waals surface area contributed by atoms with E-state index < -0.39 is 30.5 Å². The van der Waals surface area contributed by atoms with Gasteiger partial charge in [0.1, 0.15) is 11.6 Å². The number of halogens is 3. The Bertz CT molecular complexity index is 448. The first-order valence-corrected chi connectivity index (χ1v) is 6.07. The quantitative estimate of drug-likeness (QED) is 0.642. The fraction of sp³-hybridized carbons (Fsp3) is 0.583. The minimum Gasteiger partial charge on any atom is -0.394 e. The monoisotopic (exact) mass is 293 g/mol. The molecule has 1 aromatic rings. The Labute approximate surface area is 114 Å². The van der Waals surface area contributed by atoms with Crippen molar-refractivity contribution in [2.45, 2.75) is 25.6 Å². The third kappa shape index (κ3) is 4.24. The fourth-order valence-electron chi connectivity index (χ4n) is 1.47. The molecule has 0 aliphatic rings. The van der Waals surface area contributed by atoms with Gasteiger partial charge in [0.15, 0.2) is 0 Å². The smallest absolute Gasteiger partial charge is 0.394 e. The van der Waals surface area contributed by atoms with E-state index in [-0.39, 0.29) is 11.6 Å². The lowest BCUT2D eigenvalue weighted by Crippen LogP contribution is -2.42. The molecule has 0 fully saturated rings. The molecule has 1 rings (SSSR count). The Morgan fingerprint density at radius 1 is 1.15 bits per heavy atom. The second-order valence-electron chi connectivity index (χ2n) is 4.66. The molecule has 0 radical (unpaired) electrons. The molecule has 20 heavy (non-hydrogen) atoms. The summed E-state index contributed by atoms with van der Waals surface area (Å²) in [5.74, 6) is 0.00410. The Morgan fingerprint density at radius 3 is 2.15 bits per heavy atom. The summed E-state index contributed by atoms with van der Waals surface area (Å²) in [6.07, 6.45) is -4.50. The highest BCUT2D eigenvalue weighted by Crippen LogP contribution is 2.32. The molecule has 0 saturated carbocycles. The zero-order chi connectivity index (χ0) is 15.4. The average molecular weight is 293 g/mol. The van der Waals surface area contributed by atoms with Crippen LogP contribution in [0.4, 0.5) is 24.8 Å². The summed E-state index contributed by atoms with van der Waals surface area (Å²) in [7, 11) is 0. The summed E-state index contributed by atoms with van der Waals surface area (Å²) >= 11 is 0. The van der Waals surface area contributed by atoms with Crippen molar-refractivity contribution in [3.8, 4) is 0 Å². The number of aliphatic hydroxyl groups is 2. The van der Waals surface area contributed by atoms with Gasteiger partial charge >= 0.3 is 6.18 Å². The predicted octanol–water partition coefficient (Wildman–Crippen LogP) is 1.69. The number of aliphatic hydroxyl groups excluding tert-OH is 2. The van der Waals surface area contributed by atoms with Gasteiger partial charge in [0.25, 0.3) is 0 Å². The Balaban J connectivity index is 3.15. The van der Waals surface area contributed by atoms with E-state index in [1.807, 2.05) is 0 Å². The predicted molar refractivity (Wildman–Crippen MR) is 69.6 cm³/mol. The number of nitrogens with zero attached hydrogens (tertiary/aromatic N) is 1. The Hall–Kier alpha value is -1.54. The van der Waals surface area contributed by atoms with Gasteiger partial charge in [-0.25, -0.2) is 4.98 Å². The van der Waals surface area contributed by atoms with Crippen LogP contribution in [-0.4, -0.2) is 40.5 Å². The van der Waals surface area contributed by atoms with E-state index in [1.165, 1.54) is 6.92 Å². The molecule has 114 valence electrons. The van der Waals surface area contributed by atoms with Gasteiger partial charge in [0, 0.05) is 6.54 Å². The van der Waals surface area contributed by atoms with Crippen molar-refractivity contribution in [3.63, 3.8) is 0 Å². The number of anilines is 2. The molecule has 0 aromatic carbocycles. The van der Waals surface area contributed by atoms with Gasteiger partial charge in [-0.15, -0.1) is 0 Å². The van der Waals surface area contributed by atoms with Gasteiger partial charge in [0.05, 0.1) is 24.3 Å². The molecular formula is C12H18F3N3O2. The van der Waals surface area contributed by atoms with Gasteiger partial charge in [-0.3, -0.25) is 0 Å². The van der Waals surface area contributed by atoms with E-state index in [9.17, 15) is 13.2 Å². The molecule has 0 saturated heterocycles. The molecule has 0 aliphatic heterocycles. The van der Waals surface area contributed by atoms with Crippen LogP contribution < -0.4 is 10.6 Å². The van der Waals surface area contributed by atoms with Crippen LogP contribution in [0.25, 0.3) is 0 Å². The van der Waals surface area contributed by atoms with Crippen molar-refractivity contribution in [2.75, 3.05) is 30.4 Å². The van der Waals surface area contributed by atoms with Gasteiger partial charge in [-0.05, 0) is 26.0 Å². The van der Waals surface area contributed by atoms with Crippen LogP contribution in [0.15, 0.2) is 12.1 Å². The maximum atomic E-state index is 12.8. The normalized spacial score (nSPS) is 12.3. The van der Waals surface area contributed by atoms with E-state index in [0.717, 1.165) is 12.1 Å². The maximum absolute atomic E-state index is 12.8. The van der Waals surface area contributed by atoms with Crippen molar-refractivity contribution >= 4 is 11.6 Å². The minimum absolute atomic E-state index is 0.0682. The summed E-state index contributed by atoms with van der Waals surface area (Å²) in [6.45, 7) is 2.74. The van der Waals surface area contributed by atoms with Crippen LogP contribution in [-0.2, 0) is 6.18 Å².